The van der Waals surface area contributed by atoms with E-state index in [-0.39, 0.29) is 57.9 Å². The SMILES string of the molecule is C=CCON=C(C(=O)NC1C(=O)N2C(C(=O)O)=C(CSc3nnnn3CC(=O)O)CS[C@@H]12)c1csc(N)n1.Cl. The third kappa shape index (κ3) is 6.49. The van der Waals surface area contributed by atoms with E-state index >= 15 is 0 Å². The number of amides is 2. The molecule has 0 spiro atoms. The van der Waals surface area contributed by atoms with Crippen LogP contribution in [-0.4, -0.2) is 99.3 Å². The molecule has 2 aliphatic rings. The first-order valence-corrected chi connectivity index (χ1v) is 13.5. The van der Waals surface area contributed by atoms with E-state index in [9.17, 15) is 24.3 Å². The van der Waals surface area contributed by atoms with Gasteiger partial charge >= 0.3 is 11.9 Å². The molecular formula is C19H20ClN9O7S3. The molecule has 2 amide bonds. The summed E-state index contributed by atoms with van der Waals surface area (Å²) in [5.74, 6) is -3.47. The van der Waals surface area contributed by atoms with Crippen molar-refractivity contribution in [3.63, 3.8) is 0 Å². The molecule has 2 aliphatic heterocycles. The highest BCUT2D eigenvalue weighted by molar-refractivity contribution is 8.01. The topological polar surface area (TPSA) is 228 Å². The molecule has 4 heterocycles. The van der Waals surface area contributed by atoms with Crippen LogP contribution in [0.15, 0.2) is 39.6 Å². The number of nitrogens with two attached hydrogens (primary N) is 1. The molecule has 0 bridgehead atoms. The highest BCUT2D eigenvalue weighted by Gasteiger charge is 2.54. The zero-order chi connectivity index (χ0) is 27.4. The van der Waals surface area contributed by atoms with Crippen LogP contribution < -0.4 is 11.1 Å². The second-order valence-electron chi connectivity index (χ2n) is 7.52. The first kappa shape index (κ1) is 29.9. The summed E-state index contributed by atoms with van der Waals surface area (Å²) >= 11 is 3.40. The number of β-lactam (4-membered cyclic amide) rings is 1. The van der Waals surface area contributed by atoms with Gasteiger partial charge in [0.05, 0.1) is 0 Å². The van der Waals surface area contributed by atoms with Crippen molar-refractivity contribution in [2.24, 2.45) is 5.16 Å². The van der Waals surface area contributed by atoms with Crippen molar-refractivity contribution in [3.8, 4) is 0 Å². The van der Waals surface area contributed by atoms with Crippen LogP contribution in [0.3, 0.4) is 0 Å². The summed E-state index contributed by atoms with van der Waals surface area (Å²) in [6, 6.07) is -1.01. The number of aromatic nitrogens is 5. The first-order valence-electron chi connectivity index (χ1n) is 10.5. The van der Waals surface area contributed by atoms with E-state index in [0.29, 0.717) is 5.57 Å². The molecule has 0 aromatic carbocycles. The number of tetrazole rings is 1. The number of rotatable bonds is 12. The van der Waals surface area contributed by atoms with Gasteiger partial charge in [-0.15, -0.1) is 40.6 Å². The predicted molar refractivity (Wildman–Crippen MR) is 142 cm³/mol. The minimum atomic E-state index is -1.31. The van der Waals surface area contributed by atoms with E-state index in [1.165, 1.54) is 23.2 Å². The van der Waals surface area contributed by atoms with E-state index in [1.807, 2.05) is 0 Å². The lowest BCUT2D eigenvalue weighted by Gasteiger charge is -2.49. The van der Waals surface area contributed by atoms with Crippen LogP contribution in [0, 0.1) is 0 Å². The molecule has 0 radical (unpaired) electrons. The van der Waals surface area contributed by atoms with Crippen LogP contribution in [0.25, 0.3) is 0 Å². The zero-order valence-electron chi connectivity index (χ0n) is 19.6. The van der Waals surface area contributed by atoms with E-state index in [1.54, 1.807) is 0 Å². The van der Waals surface area contributed by atoms with Crippen molar-refractivity contribution >= 4 is 81.9 Å². The molecule has 2 aromatic rings. The van der Waals surface area contributed by atoms with E-state index in [0.717, 1.165) is 32.7 Å². The second-order valence-corrected chi connectivity index (χ2v) is 10.5. The zero-order valence-corrected chi connectivity index (χ0v) is 22.9. The smallest absolute Gasteiger partial charge is 0.352 e. The van der Waals surface area contributed by atoms with Crippen LogP contribution in [0.1, 0.15) is 5.69 Å². The molecule has 1 unspecified atom stereocenters. The number of halogens is 1. The molecule has 208 valence electrons. The Kier molecular flexibility index (Phi) is 9.89. The number of thiazole rings is 1. The summed E-state index contributed by atoms with van der Waals surface area (Å²) < 4.78 is 1.07. The standard InChI is InChI=1S/C19H19N9O7S3.ClH/c1-2-3-35-24-11(9-7-37-18(20)21-9)14(31)22-12-15(32)28-13(17(33)34)8(5-36-16(12)28)6-38-19-23-25-26-27(19)4-10(29)30;/h2,7,12,16H,1,3-6H2,(H2,20,21)(H,22,31)(H,29,30)(H,33,34);1H/t12?,16-;/m0./s1. The molecule has 39 heavy (non-hydrogen) atoms. The molecule has 0 aliphatic carbocycles. The number of nitrogens with one attached hydrogen (secondary N) is 1. The van der Waals surface area contributed by atoms with Crippen LogP contribution in [-0.2, 0) is 30.6 Å². The van der Waals surface area contributed by atoms with Crippen molar-refractivity contribution in [1.82, 2.24) is 35.4 Å². The lowest BCUT2D eigenvalue weighted by Crippen LogP contribution is -2.71. The summed E-state index contributed by atoms with van der Waals surface area (Å²) in [5, 5.41) is 37.2. The van der Waals surface area contributed by atoms with Crippen LogP contribution >= 0.6 is 47.3 Å². The number of thioether (sulfide) groups is 2. The van der Waals surface area contributed by atoms with E-state index < -0.39 is 41.7 Å². The third-order valence-corrected chi connectivity index (χ3v) is 8.08. The van der Waals surface area contributed by atoms with Crippen molar-refractivity contribution in [3.05, 3.63) is 35.0 Å². The minimum absolute atomic E-state index is 0. The fourth-order valence-electron chi connectivity index (χ4n) is 3.44. The third-order valence-electron chi connectivity index (χ3n) is 5.02. The maximum atomic E-state index is 13.0. The average molecular weight is 618 g/mol. The number of hydrogen-bond acceptors (Lipinski definition) is 14. The highest BCUT2D eigenvalue weighted by atomic mass is 35.5. The Morgan fingerprint density at radius 1 is 1.38 bits per heavy atom. The van der Waals surface area contributed by atoms with Crippen molar-refractivity contribution in [2.45, 2.75) is 23.1 Å². The first-order chi connectivity index (χ1) is 18.2. The van der Waals surface area contributed by atoms with Gasteiger partial charge < -0.3 is 26.1 Å². The molecule has 1 saturated heterocycles. The van der Waals surface area contributed by atoms with Crippen molar-refractivity contribution in [2.75, 3.05) is 23.8 Å². The molecule has 20 heteroatoms. The van der Waals surface area contributed by atoms with Gasteiger partial charge in [-0.3, -0.25) is 19.3 Å². The van der Waals surface area contributed by atoms with Gasteiger partial charge in [0.15, 0.2) is 10.8 Å². The fraction of sp³-hybridized carbons (Fsp3) is 0.316. The minimum Gasteiger partial charge on any atom is -0.480 e. The number of fused-ring (bicyclic) bond motifs is 1. The number of nitrogens with zero attached hydrogens (tertiary/aromatic N) is 7. The average Bonchev–Trinajstić information content (AvgIpc) is 3.50. The Bertz CT molecular complexity index is 1360. The molecule has 0 saturated carbocycles. The maximum absolute atomic E-state index is 13.0. The molecule has 16 nitrogen and oxygen atoms in total. The normalized spacial score (nSPS) is 18.5. The van der Waals surface area contributed by atoms with Crippen molar-refractivity contribution in [1.29, 1.82) is 0 Å². The Balaban J connectivity index is 0.00000420. The lowest BCUT2D eigenvalue weighted by atomic mass is 10.0. The van der Waals surface area contributed by atoms with Gasteiger partial charge in [-0.05, 0) is 16.0 Å². The Labute approximate surface area is 238 Å². The van der Waals surface area contributed by atoms with Gasteiger partial charge in [0.2, 0.25) is 5.16 Å². The number of nitrogen functional groups attached to an aromatic ring is 1. The number of aliphatic carboxylic acids is 2. The number of carbonyl (C=O) groups is 4. The molecule has 2 atom stereocenters. The number of anilines is 1. The number of carbonyl (C=O) groups excluding carboxylic acids is 2. The van der Waals surface area contributed by atoms with Crippen LogP contribution in [0.5, 0.6) is 0 Å². The fourth-order valence-corrected chi connectivity index (χ4v) is 6.35. The molecular weight excluding hydrogens is 598 g/mol. The van der Waals surface area contributed by atoms with Crippen LogP contribution in [0.2, 0.25) is 0 Å². The molecule has 4 rings (SSSR count). The lowest BCUT2D eigenvalue weighted by molar-refractivity contribution is -0.150. The number of carboxylic acids is 2. The molecule has 2 aromatic heterocycles. The quantitative estimate of drug-likeness (QED) is 0.0596. The van der Waals surface area contributed by atoms with Gasteiger partial charge in [-0.2, -0.15) is 0 Å². The van der Waals surface area contributed by atoms with E-state index in [2.05, 4.69) is 37.6 Å². The number of hydrogen-bond donors (Lipinski definition) is 4. The Hall–Kier alpha value is -3.68. The van der Waals surface area contributed by atoms with Gasteiger partial charge in [0, 0.05) is 16.9 Å². The molecule has 5 N–H and O–H groups in total. The monoisotopic (exact) mass is 617 g/mol. The van der Waals surface area contributed by atoms with Crippen LogP contribution in [0.4, 0.5) is 5.13 Å². The summed E-state index contributed by atoms with van der Waals surface area (Å²) in [7, 11) is 0. The van der Waals surface area contributed by atoms with Gasteiger partial charge in [0.25, 0.3) is 11.8 Å². The largest absolute Gasteiger partial charge is 0.480 e. The molecule has 1 fully saturated rings. The summed E-state index contributed by atoms with van der Waals surface area (Å²) in [6.45, 7) is 3.08. The van der Waals surface area contributed by atoms with Gasteiger partial charge in [-0.1, -0.05) is 29.6 Å². The summed E-state index contributed by atoms with van der Waals surface area (Å²) in [4.78, 5) is 59.3. The predicted octanol–water partition coefficient (Wildman–Crippen LogP) is -0.344. The maximum Gasteiger partial charge on any atom is 0.352 e. The van der Waals surface area contributed by atoms with Crippen molar-refractivity contribution < 1.29 is 34.2 Å². The van der Waals surface area contributed by atoms with Gasteiger partial charge in [0.1, 0.15) is 36.0 Å². The van der Waals surface area contributed by atoms with E-state index in [4.69, 9.17) is 15.7 Å². The van der Waals surface area contributed by atoms with Gasteiger partial charge in [-0.25, -0.2) is 14.5 Å². The summed E-state index contributed by atoms with van der Waals surface area (Å²) in [5.41, 5.74) is 5.84. The Morgan fingerprint density at radius 3 is 2.79 bits per heavy atom. The second kappa shape index (κ2) is 12.9. The Morgan fingerprint density at radius 2 is 2.15 bits per heavy atom. The highest BCUT2D eigenvalue weighted by Crippen LogP contribution is 2.41. The number of oxime groups is 1. The summed E-state index contributed by atoms with van der Waals surface area (Å²) in [6.07, 6.45) is 1.43. The number of carboxylic acid groups (broad SMARTS) is 2.